The van der Waals surface area contributed by atoms with Crippen molar-refractivity contribution in [1.82, 2.24) is 0 Å². The van der Waals surface area contributed by atoms with E-state index in [1.807, 2.05) is 0 Å². The number of para-hydroxylation sites is 1. The Kier molecular flexibility index (Phi) is 6.78. The van der Waals surface area contributed by atoms with Gasteiger partial charge in [0.2, 0.25) is 0 Å². The third kappa shape index (κ3) is 5.68. The molecule has 1 aliphatic rings. The van der Waals surface area contributed by atoms with Crippen molar-refractivity contribution in [3.05, 3.63) is 29.8 Å². The van der Waals surface area contributed by atoms with Gasteiger partial charge in [0.1, 0.15) is 0 Å². The van der Waals surface area contributed by atoms with Gasteiger partial charge in [-0.15, -0.1) is 0 Å². The molecule has 0 saturated heterocycles. The number of hydrogen-bond donors (Lipinski definition) is 2. The predicted octanol–water partition coefficient (Wildman–Crippen LogP) is 2.63. The molecule has 0 heterocycles. The van der Waals surface area contributed by atoms with E-state index in [-0.39, 0.29) is 18.1 Å². The lowest BCUT2D eigenvalue weighted by Crippen LogP contribution is -2.23. The van der Waals surface area contributed by atoms with E-state index >= 15 is 0 Å². The molecule has 0 aromatic heterocycles. The highest BCUT2D eigenvalue weighted by Gasteiger charge is 2.16. The van der Waals surface area contributed by atoms with Gasteiger partial charge in [0.05, 0.1) is 11.3 Å². The molecular formula is C18H24N2O4. The Balaban J connectivity index is 1.72. The van der Waals surface area contributed by atoms with Crippen molar-refractivity contribution in [3.63, 3.8) is 0 Å². The van der Waals surface area contributed by atoms with Gasteiger partial charge in [-0.25, -0.2) is 0 Å². The molecule has 1 aromatic rings. The smallest absolute Gasteiger partial charge is 0.306 e. The average Bonchev–Trinajstić information content (AvgIpc) is 2.59. The second-order valence-electron chi connectivity index (χ2n) is 6.16. The molecule has 6 heteroatoms. The monoisotopic (exact) mass is 332 g/mol. The number of rotatable bonds is 7. The maximum atomic E-state index is 11.9. The minimum atomic E-state index is -0.629. The number of esters is 1. The van der Waals surface area contributed by atoms with Gasteiger partial charge < -0.3 is 15.8 Å². The molecular weight excluding hydrogens is 308 g/mol. The lowest BCUT2D eigenvalue weighted by atomic mass is 9.86. The molecule has 0 aliphatic heterocycles. The molecule has 1 aromatic carbocycles. The fourth-order valence-corrected chi connectivity index (χ4v) is 3.01. The van der Waals surface area contributed by atoms with Gasteiger partial charge >= 0.3 is 5.97 Å². The maximum Gasteiger partial charge on any atom is 0.306 e. The fourth-order valence-electron chi connectivity index (χ4n) is 3.01. The van der Waals surface area contributed by atoms with E-state index < -0.39 is 11.8 Å². The first-order valence-electron chi connectivity index (χ1n) is 8.40. The summed E-state index contributed by atoms with van der Waals surface area (Å²) in [4.78, 5) is 34.9. The molecule has 0 unspecified atom stereocenters. The molecule has 1 fully saturated rings. The van der Waals surface area contributed by atoms with Crippen LogP contribution in [0, 0.1) is 5.92 Å². The first kappa shape index (κ1) is 18.0. The molecule has 0 atom stereocenters. The fraction of sp³-hybridized carbons (Fsp3) is 0.500. The second-order valence-corrected chi connectivity index (χ2v) is 6.16. The topological polar surface area (TPSA) is 98.5 Å². The summed E-state index contributed by atoms with van der Waals surface area (Å²) >= 11 is 0. The van der Waals surface area contributed by atoms with E-state index in [0.717, 1.165) is 6.42 Å². The van der Waals surface area contributed by atoms with Gasteiger partial charge in [-0.2, -0.15) is 0 Å². The Labute approximate surface area is 141 Å². The summed E-state index contributed by atoms with van der Waals surface area (Å²) in [6, 6.07) is 6.43. The number of primary amides is 1. The SMILES string of the molecule is NC(=O)c1ccccc1NC(=O)COC(=O)CCC1CCCCC1. The molecule has 0 bridgehead atoms. The normalized spacial score (nSPS) is 14.8. The number of ether oxygens (including phenoxy) is 1. The quantitative estimate of drug-likeness (QED) is 0.750. The van der Waals surface area contributed by atoms with Crippen LogP contribution < -0.4 is 11.1 Å². The highest BCUT2D eigenvalue weighted by molar-refractivity contribution is 6.03. The van der Waals surface area contributed by atoms with Gasteiger partial charge in [0.25, 0.3) is 11.8 Å². The number of carbonyl (C=O) groups excluding carboxylic acids is 3. The van der Waals surface area contributed by atoms with Crippen molar-refractivity contribution in [2.45, 2.75) is 44.9 Å². The zero-order valence-electron chi connectivity index (χ0n) is 13.8. The lowest BCUT2D eigenvalue weighted by molar-refractivity contribution is -0.147. The summed E-state index contributed by atoms with van der Waals surface area (Å²) in [5.74, 6) is -0.883. The zero-order chi connectivity index (χ0) is 17.4. The molecule has 2 rings (SSSR count). The van der Waals surface area contributed by atoms with E-state index in [9.17, 15) is 14.4 Å². The number of amides is 2. The molecule has 6 nitrogen and oxygen atoms in total. The Bertz CT molecular complexity index is 594. The standard InChI is InChI=1S/C18H24N2O4/c19-18(23)14-8-4-5-9-15(14)20-16(21)12-24-17(22)11-10-13-6-2-1-3-7-13/h4-5,8-9,13H,1-3,6-7,10-12H2,(H2,19,23)(H,20,21). The first-order valence-corrected chi connectivity index (χ1v) is 8.40. The van der Waals surface area contributed by atoms with Crippen LogP contribution in [-0.2, 0) is 14.3 Å². The molecule has 0 radical (unpaired) electrons. The summed E-state index contributed by atoms with van der Waals surface area (Å²) in [5, 5.41) is 2.54. The molecule has 2 amide bonds. The van der Waals surface area contributed by atoms with Crippen molar-refractivity contribution in [3.8, 4) is 0 Å². The highest BCUT2D eigenvalue weighted by atomic mass is 16.5. The molecule has 1 saturated carbocycles. The number of anilines is 1. The van der Waals surface area contributed by atoms with E-state index in [0.29, 0.717) is 18.0 Å². The third-order valence-electron chi connectivity index (χ3n) is 4.31. The second kappa shape index (κ2) is 9.05. The first-order chi connectivity index (χ1) is 11.6. The van der Waals surface area contributed by atoms with Crippen LogP contribution in [0.1, 0.15) is 55.3 Å². The van der Waals surface area contributed by atoms with Crippen LogP contribution in [0.3, 0.4) is 0 Å². The highest BCUT2D eigenvalue weighted by Crippen LogP contribution is 2.27. The zero-order valence-corrected chi connectivity index (χ0v) is 13.8. The Morgan fingerprint density at radius 1 is 1.12 bits per heavy atom. The van der Waals surface area contributed by atoms with Gasteiger partial charge in [-0.1, -0.05) is 44.2 Å². The van der Waals surface area contributed by atoms with Gasteiger partial charge in [-0.3, -0.25) is 14.4 Å². The van der Waals surface area contributed by atoms with E-state index in [2.05, 4.69) is 5.32 Å². The summed E-state index contributed by atoms with van der Waals surface area (Å²) in [5.41, 5.74) is 5.78. The summed E-state index contributed by atoms with van der Waals surface area (Å²) in [6.45, 7) is -0.364. The Hall–Kier alpha value is -2.37. The number of nitrogens with two attached hydrogens (primary N) is 1. The van der Waals surface area contributed by atoms with Crippen LogP contribution >= 0.6 is 0 Å². The average molecular weight is 332 g/mol. The largest absolute Gasteiger partial charge is 0.456 e. The van der Waals surface area contributed by atoms with Crippen LogP contribution in [0.2, 0.25) is 0 Å². The number of hydrogen-bond acceptors (Lipinski definition) is 4. The van der Waals surface area contributed by atoms with Crippen molar-refractivity contribution in [2.24, 2.45) is 11.7 Å². The Morgan fingerprint density at radius 3 is 2.54 bits per heavy atom. The van der Waals surface area contributed by atoms with Crippen molar-refractivity contribution in [1.29, 1.82) is 0 Å². The molecule has 0 spiro atoms. The van der Waals surface area contributed by atoms with Crippen LogP contribution in [0.4, 0.5) is 5.69 Å². The van der Waals surface area contributed by atoms with Crippen LogP contribution in [0.15, 0.2) is 24.3 Å². The molecule has 3 N–H and O–H groups in total. The maximum absolute atomic E-state index is 11.9. The number of benzene rings is 1. The number of carbonyl (C=O) groups is 3. The number of nitrogens with one attached hydrogen (secondary N) is 1. The molecule has 1 aliphatic carbocycles. The van der Waals surface area contributed by atoms with Gasteiger partial charge in [0, 0.05) is 6.42 Å². The van der Waals surface area contributed by atoms with Crippen molar-refractivity contribution >= 4 is 23.5 Å². The minimum Gasteiger partial charge on any atom is -0.456 e. The van der Waals surface area contributed by atoms with Gasteiger partial charge in [0.15, 0.2) is 6.61 Å². The minimum absolute atomic E-state index is 0.217. The lowest BCUT2D eigenvalue weighted by Gasteiger charge is -2.20. The molecule has 130 valence electrons. The van der Waals surface area contributed by atoms with Crippen LogP contribution in [-0.4, -0.2) is 24.4 Å². The van der Waals surface area contributed by atoms with E-state index in [4.69, 9.17) is 10.5 Å². The van der Waals surface area contributed by atoms with Crippen molar-refractivity contribution in [2.75, 3.05) is 11.9 Å². The molecule has 24 heavy (non-hydrogen) atoms. The van der Waals surface area contributed by atoms with E-state index in [1.165, 1.54) is 38.2 Å². The predicted molar refractivity (Wildman–Crippen MR) is 90.4 cm³/mol. The third-order valence-corrected chi connectivity index (χ3v) is 4.31. The summed E-state index contributed by atoms with van der Waals surface area (Å²) in [6.07, 6.45) is 7.28. The van der Waals surface area contributed by atoms with E-state index in [1.54, 1.807) is 18.2 Å². The Morgan fingerprint density at radius 2 is 1.83 bits per heavy atom. The van der Waals surface area contributed by atoms with Crippen molar-refractivity contribution < 1.29 is 19.1 Å². The van der Waals surface area contributed by atoms with Gasteiger partial charge in [-0.05, 0) is 24.5 Å². The van der Waals surface area contributed by atoms with Crippen LogP contribution in [0.25, 0.3) is 0 Å². The van der Waals surface area contributed by atoms with Crippen LogP contribution in [0.5, 0.6) is 0 Å². The summed E-state index contributed by atoms with van der Waals surface area (Å²) < 4.78 is 5.00. The summed E-state index contributed by atoms with van der Waals surface area (Å²) in [7, 11) is 0.